The van der Waals surface area contributed by atoms with Crippen LogP contribution in [-0.4, -0.2) is 18.1 Å². The topological polar surface area (TPSA) is 34.2 Å². The molecule has 64 valence electrons. The number of ether oxygens (including phenoxy) is 1. The Morgan fingerprint density at radius 3 is 3.33 bits per heavy atom. The first kappa shape index (κ1) is 8.37. The number of hydrogen-bond donors (Lipinski definition) is 1. The third-order valence-corrected chi connectivity index (χ3v) is 3.11. The summed E-state index contributed by atoms with van der Waals surface area (Å²) in [4.78, 5) is 4.10. The van der Waals surface area contributed by atoms with Crippen LogP contribution in [0.4, 0.5) is 5.69 Å². The van der Waals surface area contributed by atoms with Crippen molar-refractivity contribution in [3.05, 3.63) is 14.8 Å². The Morgan fingerprint density at radius 1 is 1.67 bits per heavy atom. The van der Waals surface area contributed by atoms with Gasteiger partial charge in [0.15, 0.2) is 0 Å². The van der Waals surface area contributed by atoms with E-state index in [0.717, 1.165) is 15.8 Å². The number of halogens is 2. The molecule has 1 aromatic heterocycles. The van der Waals surface area contributed by atoms with Crippen LogP contribution >= 0.6 is 34.2 Å². The lowest BCUT2D eigenvalue weighted by molar-refractivity contribution is 0.310. The highest BCUT2D eigenvalue weighted by molar-refractivity contribution is 14.1. The van der Waals surface area contributed by atoms with Crippen molar-refractivity contribution in [2.24, 2.45) is 0 Å². The fourth-order valence-electron chi connectivity index (χ4n) is 1.04. The minimum absolute atomic E-state index is 0.603. The number of nitrogens with one attached hydrogen (secondary N) is 1. The lowest BCUT2D eigenvalue weighted by atomic mass is 10.3. The second kappa shape index (κ2) is 3.26. The molecule has 0 unspecified atom stereocenters. The SMILES string of the molecule is Clc1c(I)cnc2c1NCCO2. The van der Waals surface area contributed by atoms with Crippen LogP contribution in [0.3, 0.4) is 0 Å². The summed E-state index contributed by atoms with van der Waals surface area (Å²) in [6.07, 6.45) is 1.70. The van der Waals surface area contributed by atoms with Gasteiger partial charge < -0.3 is 10.1 Å². The quantitative estimate of drug-likeness (QED) is 0.745. The Labute approximate surface area is 88.6 Å². The van der Waals surface area contributed by atoms with E-state index < -0.39 is 0 Å². The van der Waals surface area contributed by atoms with E-state index in [1.807, 2.05) is 0 Å². The van der Waals surface area contributed by atoms with Gasteiger partial charge in [0, 0.05) is 12.7 Å². The number of hydrogen-bond acceptors (Lipinski definition) is 3. The standard InChI is InChI=1S/C7H6ClIN2O/c8-5-4(9)3-11-7-6(5)10-1-2-12-7/h3,10H,1-2H2. The van der Waals surface area contributed by atoms with E-state index in [0.29, 0.717) is 17.5 Å². The summed E-state index contributed by atoms with van der Waals surface area (Å²) in [5.41, 5.74) is 0.815. The average Bonchev–Trinajstić information content (AvgIpc) is 2.12. The summed E-state index contributed by atoms with van der Waals surface area (Å²) in [5.74, 6) is 0.603. The molecular formula is C7H6ClIN2O. The van der Waals surface area contributed by atoms with Crippen molar-refractivity contribution in [2.75, 3.05) is 18.5 Å². The highest BCUT2D eigenvalue weighted by Gasteiger charge is 2.15. The van der Waals surface area contributed by atoms with E-state index >= 15 is 0 Å². The predicted octanol–water partition coefficient (Wildman–Crippen LogP) is 2.14. The van der Waals surface area contributed by atoms with Crippen molar-refractivity contribution >= 4 is 39.9 Å². The van der Waals surface area contributed by atoms with E-state index in [1.54, 1.807) is 6.20 Å². The Balaban J connectivity index is 2.54. The van der Waals surface area contributed by atoms with Gasteiger partial charge in [0.25, 0.3) is 0 Å². The van der Waals surface area contributed by atoms with Gasteiger partial charge in [-0.1, -0.05) is 11.6 Å². The third kappa shape index (κ3) is 1.33. The molecule has 0 atom stereocenters. The number of fused-ring (bicyclic) bond motifs is 1. The Morgan fingerprint density at radius 2 is 2.50 bits per heavy atom. The maximum absolute atomic E-state index is 6.02. The maximum Gasteiger partial charge on any atom is 0.239 e. The minimum Gasteiger partial charge on any atom is -0.474 e. The van der Waals surface area contributed by atoms with Crippen molar-refractivity contribution < 1.29 is 4.74 Å². The summed E-state index contributed by atoms with van der Waals surface area (Å²) in [6.45, 7) is 1.44. The fourth-order valence-corrected chi connectivity index (χ4v) is 1.64. The van der Waals surface area contributed by atoms with Crippen LogP contribution in [0, 0.1) is 3.57 Å². The van der Waals surface area contributed by atoms with Crippen molar-refractivity contribution in [3.8, 4) is 5.88 Å². The molecular weight excluding hydrogens is 290 g/mol. The first-order valence-corrected chi connectivity index (χ1v) is 4.95. The largest absolute Gasteiger partial charge is 0.474 e. The van der Waals surface area contributed by atoms with Crippen LogP contribution in [0.15, 0.2) is 6.20 Å². The monoisotopic (exact) mass is 296 g/mol. The Hall–Kier alpha value is -0.230. The highest BCUT2D eigenvalue weighted by atomic mass is 127. The van der Waals surface area contributed by atoms with Crippen LogP contribution < -0.4 is 10.1 Å². The normalized spacial score (nSPS) is 14.5. The van der Waals surface area contributed by atoms with E-state index in [1.165, 1.54) is 0 Å². The molecule has 0 aromatic carbocycles. The maximum atomic E-state index is 6.02. The van der Waals surface area contributed by atoms with Gasteiger partial charge >= 0.3 is 0 Å². The molecule has 0 bridgehead atoms. The second-order valence-electron chi connectivity index (χ2n) is 2.38. The lowest BCUT2D eigenvalue weighted by Crippen LogP contribution is -2.19. The molecule has 1 aromatic rings. The van der Waals surface area contributed by atoms with Gasteiger partial charge in [-0.15, -0.1) is 0 Å². The van der Waals surface area contributed by atoms with Crippen molar-refractivity contribution in [1.29, 1.82) is 0 Å². The molecule has 0 saturated carbocycles. The van der Waals surface area contributed by atoms with Gasteiger partial charge in [0.1, 0.15) is 12.3 Å². The number of pyridine rings is 1. The second-order valence-corrected chi connectivity index (χ2v) is 3.92. The summed E-state index contributed by atoms with van der Waals surface area (Å²) in [6, 6.07) is 0. The van der Waals surface area contributed by atoms with Crippen LogP contribution in [-0.2, 0) is 0 Å². The number of rotatable bonds is 0. The molecule has 0 radical (unpaired) electrons. The van der Waals surface area contributed by atoms with Gasteiger partial charge in [-0.25, -0.2) is 4.98 Å². The van der Waals surface area contributed by atoms with Crippen LogP contribution in [0.1, 0.15) is 0 Å². The Bertz CT molecular complexity index is 319. The van der Waals surface area contributed by atoms with Crippen molar-refractivity contribution in [1.82, 2.24) is 4.98 Å². The Kier molecular flexibility index (Phi) is 2.27. The number of anilines is 1. The molecule has 3 nitrogen and oxygen atoms in total. The predicted molar refractivity (Wildman–Crippen MR) is 55.9 cm³/mol. The molecule has 0 amide bonds. The average molecular weight is 296 g/mol. The van der Waals surface area contributed by atoms with Crippen molar-refractivity contribution in [3.63, 3.8) is 0 Å². The van der Waals surface area contributed by atoms with Gasteiger partial charge in [0.05, 0.1) is 8.59 Å². The van der Waals surface area contributed by atoms with Crippen LogP contribution in [0.5, 0.6) is 5.88 Å². The summed E-state index contributed by atoms with van der Waals surface area (Å²) in [5, 5.41) is 3.84. The first-order chi connectivity index (χ1) is 5.79. The molecule has 1 aliphatic heterocycles. The molecule has 2 heterocycles. The van der Waals surface area contributed by atoms with Gasteiger partial charge in [-0.05, 0) is 22.6 Å². The minimum atomic E-state index is 0.603. The lowest BCUT2D eigenvalue weighted by Gasteiger charge is -2.18. The molecule has 2 rings (SSSR count). The molecule has 0 saturated heterocycles. The molecule has 1 aliphatic rings. The highest BCUT2D eigenvalue weighted by Crippen LogP contribution is 2.35. The first-order valence-electron chi connectivity index (χ1n) is 3.49. The fraction of sp³-hybridized carbons (Fsp3) is 0.286. The van der Waals surface area contributed by atoms with E-state index in [-0.39, 0.29) is 0 Å². The smallest absolute Gasteiger partial charge is 0.239 e. The van der Waals surface area contributed by atoms with Gasteiger partial charge in [-0.3, -0.25) is 0 Å². The van der Waals surface area contributed by atoms with Gasteiger partial charge in [0.2, 0.25) is 5.88 Å². The van der Waals surface area contributed by atoms with Gasteiger partial charge in [-0.2, -0.15) is 0 Å². The van der Waals surface area contributed by atoms with E-state index in [9.17, 15) is 0 Å². The summed E-state index contributed by atoms with van der Waals surface area (Å²) in [7, 11) is 0. The van der Waals surface area contributed by atoms with E-state index in [2.05, 4.69) is 32.9 Å². The molecule has 0 spiro atoms. The molecule has 1 N–H and O–H groups in total. The number of aromatic nitrogens is 1. The molecule has 0 fully saturated rings. The molecule has 5 heteroatoms. The zero-order valence-electron chi connectivity index (χ0n) is 6.10. The number of nitrogens with zero attached hydrogens (tertiary/aromatic N) is 1. The molecule has 0 aliphatic carbocycles. The zero-order valence-corrected chi connectivity index (χ0v) is 9.02. The van der Waals surface area contributed by atoms with E-state index in [4.69, 9.17) is 16.3 Å². The molecule has 12 heavy (non-hydrogen) atoms. The van der Waals surface area contributed by atoms with Crippen molar-refractivity contribution in [2.45, 2.75) is 0 Å². The van der Waals surface area contributed by atoms with Crippen LogP contribution in [0.25, 0.3) is 0 Å². The summed E-state index contributed by atoms with van der Waals surface area (Å²) < 4.78 is 6.23. The third-order valence-electron chi connectivity index (χ3n) is 1.58. The zero-order chi connectivity index (χ0) is 8.55. The van der Waals surface area contributed by atoms with Crippen LogP contribution in [0.2, 0.25) is 5.02 Å². The summed E-state index contributed by atoms with van der Waals surface area (Å²) >= 11 is 8.16.